The van der Waals surface area contributed by atoms with Gasteiger partial charge >= 0.3 is 0 Å². The number of para-hydroxylation sites is 1. The Kier molecular flexibility index (Phi) is 39.7. The van der Waals surface area contributed by atoms with Crippen molar-refractivity contribution < 1.29 is 62.6 Å². The number of guanidine groups is 1. The minimum atomic E-state index is -1.37. The zero-order valence-electron chi connectivity index (χ0n) is 65.4. The van der Waals surface area contributed by atoms with E-state index >= 15 is 0 Å². The molecule has 0 aliphatic heterocycles. The molecule has 30 nitrogen and oxygen atoms in total. The molecule has 1 unspecified atom stereocenters. The largest absolute Gasteiger partial charge is 0.392 e. The van der Waals surface area contributed by atoms with Crippen molar-refractivity contribution in [3.63, 3.8) is 0 Å². The summed E-state index contributed by atoms with van der Waals surface area (Å²) in [5.74, 6) is -11.5. The first-order chi connectivity index (χ1) is 48.6. The summed E-state index contributed by atoms with van der Waals surface area (Å²) in [5.41, 5.74) is 18.6. The Bertz CT molecular complexity index is 3170. The molecular weight excluding hydrogens is 1330 g/mol. The molecule has 0 spiro atoms. The number of aromatic nitrogens is 1. The minimum absolute atomic E-state index is 0.00732. The van der Waals surface area contributed by atoms with Crippen molar-refractivity contribution >= 4 is 87.7 Å². The Morgan fingerprint density at radius 1 is 0.442 bits per heavy atom. The number of nitrogens with two attached hydrogens (primary N) is 3. The number of carbonyl (C=O) groups is 12. The third-order valence-corrected chi connectivity index (χ3v) is 18.9. The van der Waals surface area contributed by atoms with Crippen molar-refractivity contribution in [1.29, 1.82) is 0 Å². The number of nitrogens with one attached hydrogen (secondary N) is 13. The van der Waals surface area contributed by atoms with Crippen LogP contribution in [0.25, 0.3) is 10.9 Å². The van der Waals surface area contributed by atoms with E-state index in [1.165, 1.54) is 13.8 Å². The van der Waals surface area contributed by atoms with Crippen LogP contribution in [0.5, 0.6) is 0 Å². The van der Waals surface area contributed by atoms with Crippen molar-refractivity contribution in [3.8, 4) is 0 Å². The average Bonchev–Trinajstić information content (AvgIpc) is 1.70. The number of hydrogen-bond donors (Lipinski definition) is 17. The Labute approximate surface area is 616 Å². The molecule has 1 heterocycles. The normalized spacial score (nSPS) is 16.3. The van der Waals surface area contributed by atoms with Gasteiger partial charge in [-0.2, -0.15) is 0 Å². The van der Waals surface area contributed by atoms with Gasteiger partial charge in [-0.15, -0.1) is 0 Å². The highest BCUT2D eigenvalue weighted by atomic mass is 16.3. The van der Waals surface area contributed by atoms with Crippen LogP contribution in [0.3, 0.4) is 0 Å². The number of aromatic amines is 1. The van der Waals surface area contributed by atoms with Crippen LogP contribution in [0.2, 0.25) is 0 Å². The number of rotatable bonds is 46. The number of nitrogens with zero attached hydrogens (tertiary/aromatic N) is 1. The molecule has 0 bridgehead atoms. The van der Waals surface area contributed by atoms with E-state index in [2.05, 4.69) is 73.8 Å². The fourth-order valence-electron chi connectivity index (χ4n) is 11.4. The van der Waals surface area contributed by atoms with Crippen LogP contribution in [0.15, 0.2) is 35.5 Å². The second-order valence-corrected chi connectivity index (χ2v) is 30.2. The molecule has 0 fully saturated rings. The molecule has 0 aliphatic carbocycles. The molecule has 0 saturated heterocycles. The Balaban J connectivity index is 2.46. The average molecular weight is 1460 g/mol. The molecule has 16 atom stereocenters. The lowest BCUT2D eigenvalue weighted by atomic mass is 9.95. The summed E-state index contributed by atoms with van der Waals surface area (Å²) in [6, 6.07) is -6.47. The zero-order valence-corrected chi connectivity index (χ0v) is 65.4. The molecule has 588 valence electrons. The molecule has 12 amide bonds. The molecule has 1 aromatic heterocycles. The van der Waals surface area contributed by atoms with Gasteiger partial charge in [0.2, 0.25) is 70.9 Å². The molecule has 30 heteroatoms. The standard InChI is InChI=1S/C74H129N17O13/c1-21-43(16)60(87-57(93)34-56(92)40(10)11)71(102)81-46(19)63(94)83-53(32-38(6)7)67(98)91-62(45(18)23-3)73(104)89-59(42(14)15)69(100)82-51(29-26-30-78-74(76)77)65(96)80-47(20)64(95)88-58(41(12)13)70(101)85-54(33-48-36-79-50-28-25-24-27-49(48)50)68(99)90-61(44(17)22-2)72(103)84-52(31-37(4)5)66(97)86-55(35-75)39(8)9/h24-25,27-28,36-47,51-56,58-62,79,92H,21-23,26,29-35,75H2,1-20H3,(H,80,96)(H,81,102)(H,82,100)(H,83,94)(H,84,103)(H,85,101)(H,86,97)(H,87,93)(H,88,95)(H,89,104)(H,90,99)(H,91,98)(H4,76,77,78)/t43-,44-,45-,46?,47-,51+,52-,53+,54+,55+,56+,58-,59-,60-,61-,62-/m0/s1. The van der Waals surface area contributed by atoms with Crippen LogP contribution >= 0.6 is 0 Å². The van der Waals surface area contributed by atoms with E-state index < -0.39 is 167 Å². The van der Waals surface area contributed by atoms with Crippen LogP contribution < -0.4 is 81.0 Å². The third kappa shape index (κ3) is 30.4. The van der Waals surface area contributed by atoms with Crippen molar-refractivity contribution in [2.24, 2.45) is 75.5 Å². The van der Waals surface area contributed by atoms with Gasteiger partial charge < -0.3 is 91.1 Å². The van der Waals surface area contributed by atoms with Crippen molar-refractivity contribution in [2.45, 2.75) is 275 Å². The molecule has 2 aromatic rings. The summed E-state index contributed by atoms with van der Waals surface area (Å²) in [5, 5.41) is 44.4. The van der Waals surface area contributed by atoms with Crippen LogP contribution in [0.4, 0.5) is 0 Å². The first-order valence-electron chi connectivity index (χ1n) is 37.2. The smallest absolute Gasteiger partial charge is 0.243 e. The maximum Gasteiger partial charge on any atom is 0.243 e. The third-order valence-electron chi connectivity index (χ3n) is 18.9. The summed E-state index contributed by atoms with van der Waals surface area (Å²) in [6.07, 6.45) is 2.29. The second-order valence-electron chi connectivity index (χ2n) is 30.2. The summed E-state index contributed by atoms with van der Waals surface area (Å²) in [6.45, 7) is 35.3. The molecule has 0 radical (unpaired) electrons. The van der Waals surface area contributed by atoms with Gasteiger partial charge in [-0.3, -0.25) is 62.5 Å². The van der Waals surface area contributed by atoms with Crippen LogP contribution in [-0.4, -0.2) is 179 Å². The van der Waals surface area contributed by atoms with Crippen LogP contribution in [-0.2, 0) is 64.0 Å². The van der Waals surface area contributed by atoms with Crippen molar-refractivity contribution in [1.82, 2.24) is 68.8 Å². The second kappa shape index (κ2) is 45.1. The fraction of sp³-hybridized carbons (Fsp3) is 0.716. The van der Waals surface area contributed by atoms with E-state index in [1.807, 2.05) is 79.7 Å². The molecule has 104 heavy (non-hydrogen) atoms. The Morgan fingerprint density at radius 3 is 1.29 bits per heavy atom. The van der Waals surface area contributed by atoms with E-state index in [0.717, 1.165) is 10.9 Å². The minimum Gasteiger partial charge on any atom is -0.392 e. The van der Waals surface area contributed by atoms with E-state index in [1.54, 1.807) is 75.4 Å². The predicted octanol–water partition coefficient (Wildman–Crippen LogP) is 2.19. The molecule has 2 rings (SSSR count). The molecule has 1 aromatic carbocycles. The van der Waals surface area contributed by atoms with Gasteiger partial charge in [0, 0.05) is 42.7 Å². The van der Waals surface area contributed by atoms with Crippen LogP contribution in [0.1, 0.15) is 195 Å². The molecular formula is C74H129N17O13. The van der Waals surface area contributed by atoms with E-state index in [-0.39, 0.29) is 86.8 Å². The van der Waals surface area contributed by atoms with Gasteiger partial charge in [0.25, 0.3) is 0 Å². The van der Waals surface area contributed by atoms with Gasteiger partial charge in [0.1, 0.15) is 66.5 Å². The molecule has 0 saturated carbocycles. The topological polar surface area (TPSA) is 476 Å². The summed E-state index contributed by atoms with van der Waals surface area (Å²) in [7, 11) is 0. The maximum atomic E-state index is 14.8. The van der Waals surface area contributed by atoms with Gasteiger partial charge in [0.05, 0.1) is 12.5 Å². The summed E-state index contributed by atoms with van der Waals surface area (Å²) >= 11 is 0. The Hall–Kier alpha value is -8.41. The highest BCUT2D eigenvalue weighted by molar-refractivity contribution is 6.00. The van der Waals surface area contributed by atoms with Gasteiger partial charge in [-0.1, -0.05) is 162 Å². The molecule has 20 N–H and O–H groups in total. The lowest BCUT2D eigenvalue weighted by Crippen LogP contribution is -2.62. The lowest BCUT2D eigenvalue weighted by molar-refractivity contribution is -0.137. The predicted molar refractivity (Wildman–Crippen MR) is 403 cm³/mol. The number of benzene rings is 1. The van der Waals surface area contributed by atoms with Gasteiger partial charge in [-0.05, 0) is 104 Å². The highest BCUT2D eigenvalue weighted by Crippen LogP contribution is 2.22. The first kappa shape index (κ1) is 91.7. The highest BCUT2D eigenvalue weighted by Gasteiger charge is 2.39. The van der Waals surface area contributed by atoms with Crippen molar-refractivity contribution in [2.75, 3.05) is 13.1 Å². The number of aliphatic imine (C=N–C) groups is 1. The van der Waals surface area contributed by atoms with Gasteiger partial charge in [0.15, 0.2) is 5.96 Å². The van der Waals surface area contributed by atoms with E-state index in [4.69, 9.17) is 17.2 Å². The monoisotopic (exact) mass is 1460 g/mol. The van der Waals surface area contributed by atoms with E-state index in [9.17, 15) is 62.6 Å². The Morgan fingerprint density at radius 2 is 0.827 bits per heavy atom. The van der Waals surface area contributed by atoms with Crippen molar-refractivity contribution in [3.05, 3.63) is 36.0 Å². The van der Waals surface area contributed by atoms with Gasteiger partial charge in [-0.25, -0.2) is 0 Å². The number of aliphatic hydroxyl groups excluding tert-OH is 1. The first-order valence-corrected chi connectivity index (χ1v) is 37.2. The number of H-pyrrole nitrogens is 1. The number of aliphatic hydroxyl groups is 1. The number of hydrogen-bond acceptors (Lipinski definition) is 15. The maximum absolute atomic E-state index is 14.8. The lowest BCUT2D eigenvalue weighted by Gasteiger charge is -2.31. The number of amides is 12. The van der Waals surface area contributed by atoms with Crippen LogP contribution in [0, 0.1) is 53.3 Å². The SMILES string of the molecule is CC[C@H](C)[C@H](NC(=O)C[C@@H](O)C(C)C)C(=O)NC(C)C(=O)N[C@H](CC(C)C)C(=O)N[C@H](C(=O)N[C@H](C(=O)N[C@H](CCCN=C(N)N)C(=O)N[C@@H](C)C(=O)N[C@H](C(=O)N[C@H](Cc1c[nH]c2ccccc12)C(=O)N[C@H](C(=O)N[C@@H](CC(C)C)C(=O)N[C@H](CN)C(C)C)[C@@H](C)CC)C(C)C)C(C)C)[C@@H](C)CC. The number of fused-ring (bicyclic) bond motifs is 1. The summed E-state index contributed by atoms with van der Waals surface area (Å²) < 4.78 is 0. The quantitative estimate of drug-likeness (QED) is 0.0257. The molecule has 0 aliphatic rings. The zero-order chi connectivity index (χ0) is 79.2. The fourth-order valence-corrected chi connectivity index (χ4v) is 11.4. The number of carbonyl (C=O) groups excluding carboxylic acids is 12. The summed E-state index contributed by atoms with van der Waals surface area (Å²) in [4.78, 5) is 177. The van der Waals surface area contributed by atoms with E-state index in [0.29, 0.717) is 31.2 Å².